The van der Waals surface area contributed by atoms with Crippen LogP contribution in [0.2, 0.25) is 5.02 Å². The first-order chi connectivity index (χ1) is 7.11. The SMILES string of the molecule is Nc1oncc1-c1c(Cl)ccc(O)c1O. The lowest BCUT2D eigenvalue weighted by Gasteiger charge is -2.06. The van der Waals surface area contributed by atoms with Crippen molar-refractivity contribution in [3.05, 3.63) is 23.4 Å². The Morgan fingerprint density at radius 1 is 1.33 bits per heavy atom. The summed E-state index contributed by atoms with van der Waals surface area (Å²) in [5.41, 5.74) is 6.03. The number of nitrogens with zero attached hydrogens (tertiary/aromatic N) is 1. The number of aromatic nitrogens is 1. The fraction of sp³-hybridized carbons (Fsp3) is 0. The lowest BCUT2D eigenvalue weighted by molar-refractivity contribution is 0.405. The molecule has 0 saturated carbocycles. The van der Waals surface area contributed by atoms with E-state index in [4.69, 9.17) is 17.3 Å². The van der Waals surface area contributed by atoms with Gasteiger partial charge in [-0.25, -0.2) is 0 Å². The minimum absolute atomic E-state index is 0.0257. The smallest absolute Gasteiger partial charge is 0.230 e. The number of phenolic OH excluding ortho intramolecular Hbond substituents is 2. The van der Waals surface area contributed by atoms with Gasteiger partial charge in [0.25, 0.3) is 0 Å². The maximum Gasteiger partial charge on any atom is 0.230 e. The van der Waals surface area contributed by atoms with E-state index in [-0.39, 0.29) is 28.0 Å². The van der Waals surface area contributed by atoms with Crippen LogP contribution >= 0.6 is 11.6 Å². The van der Waals surface area contributed by atoms with Crippen LogP contribution in [0, 0.1) is 0 Å². The van der Waals surface area contributed by atoms with Crippen molar-refractivity contribution in [3.63, 3.8) is 0 Å². The van der Waals surface area contributed by atoms with E-state index in [9.17, 15) is 10.2 Å². The summed E-state index contributed by atoms with van der Waals surface area (Å²) in [5.74, 6) is -0.606. The van der Waals surface area contributed by atoms with Crippen LogP contribution in [0.4, 0.5) is 5.88 Å². The van der Waals surface area contributed by atoms with Crippen molar-refractivity contribution in [3.8, 4) is 22.6 Å². The third-order valence-electron chi connectivity index (χ3n) is 1.97. The Morgan fingerprint density at radius 2 is 2.07 bits per heavy atom. The molecule has 0 atom stereocenters. The Morgan fingerprint density at radius 3 is 2.67 bits per heavy atom. The minimum atomic E-state index is -0.350. The summed E-state index contributed by atoms with van der Waals surface area (Å²) in [6, 6.07) is 2.73. The van der Waals surface area contributed by atoms with Gasteiger partial charge in [-0.2, -0.15) is 0 Å². The van der Waals surface area contributed by atoms with Crippen LogP contribution in [0.15, 0.2) is 22.9 Å². The number of anilines is 1. The molecule has 0 spiro atoms. The van der Waals surface area contributed by atoms with E-state index in [0.717, 1.165) is 0 Å². The van der Waals surface area contributed by atoms with Gasteiger partial charge in [0.15, 0.2) is 11.5 Å². The number of rotatable bonds is 1. The largest absolute Gasteiger partial charge is 0.504 e. The third-order valence-corrected chi connectivity index (χ3v) is 2.29. The van der Waals surface area contributed by atoms with Gasteiger partial charge in [0.05, 0.1) is 22.3 Å². The third kappa shape index (κ3) is 1.46. The molecule has 0 fully saturated rings. The van der Waals surface area contributed by atoms with Crippen molar-refractivity contribution in [1.82, 2.24) is 5.16 Å². The Hall–Kier alpha value is -1.88. The maximum absolute atomic E-state index is 9.62. The second-order valence-electron chi connectivity index (χ2n) is 2.89. The summed E-state index contributed by atoms with van der Waals surface area (Å²) in [6.07, 6.45) is 1.32. The molecule has 15 heavy (non-hydrogen) atoms. The summed E-state index contributed by atoms with van der Waals surface area (Å²) in [5, 5.41) is 22.6. The predicted octanol–water partition coefficient (Wildman–Crippen LogP) is 1.99. The average molecular weight is 227 g/mol. The molecular formula is C9H7ClN2O3. The summed E-state index contributed by atoms with van der Waals surface area (Å²) in [6.45, 7) is 0. The van der Waals surface area contributed by atoms with Crippen molar-refractivity contribution in [2.45, 2.75) is 0 Å². The average Bonchev–Trinajstić information content (AvgIpc) is 2.60. The van der Waals surface area contributed by atoms with Gasteiger partial charge in [-0.05, 0) is 12.1 Å². The molecule has 6 heteroatoms. The molecule has 0 bridgehead atoms. The Balaban J connectivity index is 2.72. The number of halogens is 1. The molecule has 78 valence electrons. The summed E-state index contributed by atoms with van der Waals surface area (Å²) >= 11 is 5.87. The molecule has 0 radical (unpaired) electrons. The summed E-state index contributed by atoms with van der Waals surface area (Å²) in [4.78, 5) is 0. The molecule has 0 amide bonds. The van der Waals surface area contributed by atoms with Gasteiger partial charge in [0.1, 0.15) is 0 Å². The maximum atomic E-state index is 9.62. The molecule has 0 aliphatic rings. The van der Waals surface area contributed by atoms with Gasteiger partial charge in [0.2, 0.25) is 5.88 Å². The van der Waals surface area contributed by atoms with E-state index in [1.54, 1.807) is 0 Å². The highest BCUT2D eigenvalue weighted by atomic mass is 35.5. The highest BCUT2D eigenvalue weighted by Crippen LogP contribution is 2.43. The lowest BCUT2D eigenvalue weighted by atomic mass is 10.1. The van der Waals surface area contributed by atoms with Crippen LogP contribution in [0.1, 0.15) is 0 Å². The molecule has 0 aliphatic heterocycles. The second kappa shape index (κ2) is 3.36. The predicted molar refractivity (Wildman–Crippen MR) is 54.7 cm³/mol. The van der Waals surface area contributed by atoms with Crippen molar-refractivity contribution in [1.29, 1.82) is 0 Å². The fourth-order valence-corrected chi connectivity index (χ4v) is 1.50. The Labute approximate surface area is 89.7 Å². The van der Waals surface area contributed by atoms with Crippen LogP contribution in [0.5, 0.6) is 11.5 Å². The topological polar surface area (TPSA) is 92.5 Å². The number of hydrogen-bond acceptors (Lipinski definition) is 5. The monoisotopic (exact) mass is 226 g/mol. The molecular weight excluding hydrogens is 220 g/mol. The molecule has 2 aromatic rings. The first-order valence-corrected chi connectivity index (χ1v) is 4.40. The number of nitrogen functional groups attached to an aromatic ring is 1. The van der Waals surface area contributed by atoms with Gasteiger partial charge in [-0.1, -0.05) is 16.8 Å². The number of benzene rings is 1. The van der Waals surface area contributed by atoms with E-state index < -0.39 is 0 Å². The Kier molecular flexibility index (Phi) is 2.17. The minimum Gasteiger partial charge on any atom is -0.504 e. The zero-order valence-corrected chi connectivity index (χ0v) is 8.19. The van der Waals surface area contributed by atoms with E-state index in [0.29, 0.717) is 5.56 Å². The quantitative estimate of drug-likeness (QED) is 0.647. The van der Waals surface area contributed by atoms with Crippen molar-refractivity contribution >= 4 is 17.5 Å². The van der Waals surface area contributed by atoms with Crippen molar-refractivity contribution in [2.24, 2.45) is 0 Å². The van der Waals surface area contributed by atoms with Gasteiger partial charge < -0.3 is 20.5 Å². The molecule has 1 aromatic carbocycles. The normalized spacial score (nSPS) is 10.5. The standard InChI is InChI=1S/C9H7ClN2O3/c10-5-1-2-6(13)8(14)7(5)4-3-12-15-9(4)11/h1-3,13-14H,11H2. The first kappa shape index (κ1) is 9.67. The van der Waals surface area contributed by atoms with E-state index >= 15 is 0 Å². The van der Waals surface area contributed by atoms with Crippen LogP contribution in [-0.4, -0.2) is 15.4 Å². The Bertz CT molecular complexity index is 510. The molecule has 4 N–H and O–H groups in total. The summed E-state index contributed by atoms with van der Waals surface area (Å²) in [7, 11) is 0. The molecule has 5 nitrogen and oxygen atoms in total. The van der Waals surface area contributed by atoms with Gasteiger partial charge in [0, 0.05) is 0 Å². The number of hydrogen-bond donors (Lipinski definition) is 3. The molecule has 2 rings (SSSR count). The molecule has 1 heterocycles. The molecule has 1 aromatic heterocycles. The lowest BCUT2D eigenvalue weighted by Crippen LogP contribution is -1.86. The molecule has 0 unspecified atom stereocenters. The van der Waals surface area contributed by atoms with E-state index in [1.807, 2.05) is 0 Å². The molecule has 0 saturated heterocycles. The second-order valence-corrected chi connectivity index (χ2v) is 3.30. The fourth-order valence-electron chi connectivity index (χ4n) is 1.25. The highest BCUT2D eigenvalue weighted by Gasteiger charge is 2.17. The van der Waals surface area contributed by atoms with Crippen LogP contribution in [-0.2, 0) is 0 Å². The van der Waals surface area contributed by atoms with E-state index in [1.165, 1.54) is 18.3 Å². The number of aromatic hydroxyl groups is 2. The van der Waals surface area contributed by atoms with Crippen molar-refractivity contribution in [2.75, 3.05) is 5.73 Å². The summed E-state index contributed by atoms with van der Waals surface area (Å²) < 4.78 is 4.65. The van der Waals surface area contributed by atoms with Gasteiger partial charge in [-0.3, -0.25) is 0 Å². The van der Waals surface area contributed by atoms with E-state index in [2.05, 4.69) is 9.68 Å². The number of phenols is 2. The van der Waals surface area contributed by atoms with Crippen LogP contribution in [0.3, 0.4) is 0 Å². The first-order valence-electron chi connectivity index (χ1n) is 4.02. The van der Waals surface area contributed by atoms with Gasteiger partial charge in [-0.15, -0.1) is 0 Å². The number of nitrogens with two attached hydrogens (primary N) is 1. The molecule has 0 aliphatic carbocycles. The van der Waals surface area contributed by atoms with Gasteiger partial charge >= 0.3 is 0 Å². The zero-order chi connectivity index (χ0) is 11.0. The zero-order valence-electron chi connectivity index (χ0n) is 7.44. The van der Waals surface area contributed by atoms with Crippen molar-refractivity contribution < 1.29 is 14.7 Å². The highest BCUT2D eigenvalue weighted by molar-refractivity contribution is 6.34. The van der Waals surface area contributed by atoms with Crippen LogP contribution in [0.25, 0.3) is 11.1 Å². The van der Waals surface area contributed by atoms with Crippen LogP contribution < -0.4 is 5.73 Å².